The zero-order chi connectivity index (χ0) is 13.9. The summed E-state index contributed by atoms with van der Waals surface area (Å²) in [6.45, 7) is 0. The third kappa shape index (κ3) is 2.58. The van der Waals surface area contributed by atoms with Gasteiger partial charge in [0.25, 0.3) is 0 Å². The van der Waals surface area contributed by atoms with Crippen LogP contribution in [0.1, 0.15) is 31.2 Å². The molecule has 2 atom stereocenters. The van der Waals surface area contributed by atoms with Gasteiger partial charge in [0, 0.05) is 0 Å². The molecule has 1 aliphatic rings. The summed E-state index contributed by atoms with van der Waals surface area (Å²) in [4.78, 5) is 11.2. The van der Waals surface area contributed by atoms with E-state index in [1.165, 1.54) is 0 Å². The highest BCUT2D eigenvalue weighted by molar-refractivity contribution is 5.70. The molecule has 3 nitrogen and oxygen atoms in total. The van der Waals surface area contributed by atoms with Crippen molar-refractivity contribution in [2.45, 2.75) is 31.1 Å². The molecule has 1 N–H and O–H groups in total. The van der Waals surface area contributed by atoms with Crippen LogP contribution in [0.25, 0.3) is 0 Å². The second-order valence-corrected chi connectivity index (χ2v) is 5.09. The fourth-order valence-corrected chi connectivity index (χ4v) is 2.87. The largest absolute Gasteiger partial charge is 0.497 e. The highest BCUT2D eigenvalue weighted by atomic mass is 16.5. The smallest absolute Gasteiger partial charge is 0.306 e. The van der Waals surface area contributed by atoms with Gasteiger partial charge >= 0.3 is 5.97 Å². The Kier molecular flexibility index (Phi) is 3.80. The number of hydrogen-bond acceptors (Lipinski definition) is 2. The summed E-state index contributed by atoms with van der Waals surface area (Å²) in [5.41, 5.74) is 0.565. The Labute approximate surface area is 113 Å². The van der Waals surface area contributed by atoms with E-state index in [0.29, 0.717) is 6.42 Å². The van der Waals surface area contributed by atoms with Gasteiger partial charge in [0.15, 0.2) is 0 Å². The topological polar surface area (TPSA) is 46.5 Å². The van der Waals surface area contributed by atoms with Gasteiger partial charge in [0.05, 0.1) is 18.4 Å². The standard InChI is InChI=1S/C16H18O3/c1-3-16(10-4-5-12(11-16)15(17)18)13-6-8-14(19-2)9-7-13/h1,6-9,12H,4-5,10-11H2,2H3,(H,17,18). The third-order valence-corrected chi connectivity index (χ3v) is 4.02. The molecule has 1 aromatic rings. The number of aliphatic carboxylic acids is 1. The molecule has 3 heteroatoms. The third-order valence-electron chi connectivity index (χ3n) is 4.02. The zero-order valence-corrected chi connectivity index (χ0v) is 11.1. The zero-order valence-electron chi connectivity index (χ0n) is 11.1. The van der Waals surface area contributed by atoms with E-state index in [1.54, 1.807) is 7.11 Å². The van der Waals surface area contributed by atoms with E-state index in [1.807, 2.05) is 24.3 Å². The molecule has 1 aliphatic carbocycles. The van der Waals surface area contributed by atoms with E-state index in [-0.39, 0.29) is 5.92 Å². The summed E-state index contributed by atoms with van der Waals surface area (Å²) in [7, 11) is 1.62. The van der Waals surface area contributed by atoms with Crippen LogP contribution in [0.15, 0.2) is 24.3 Å². The van der Waals surface area contributed by atoms with E-state index in [4.69, 9.17) is 11.2 Å². The summed E-state index contributed by atoms with van der Waals surface area (Å²) >= 11 is 0. The molecule has 1 fully saturated rings. The number of terminal acetylenes is 1. The number of benzene rings is 1. The van der Waals surface area contributed by atoms with Gasteiger partial charge in [0.1, 0.15) is 5.75 Å². The molecular weight excluding hydrogens is 240 g/mol. The second-order valence-electron chi connectivity index (χ2n) is 5.09. The van der Waals surface area contributed by atoms with Crippen molar-refractivity contribution < 1.29 is 14.6 Å². The molecule has 0 bridgehead atoms. The minimum absolute atomic E-state index is 0.341. The molecule has 1 saturated carbocycles. The van der Waals surface area contributed by atoms with Gasteiger partial charge in [-0.25, -0.2) is 0 Å². The fraction of sp³-hybridized carbons (Fsp3) is 0.438. The Bertz CT molecular complexity index is 498. The molecule has 19 heavy (non-hydrogen) atoms. The summed E-state index contributed by atoms with van der Waals surface area (Å²) in [5, 5.41) is 9.21. The Morgan fingerprint density at radius 2 is 2.16 bits per heavy atom. The van der Waals surface area contributed by atoms with Crippen LogP contribution < -0.4 is 4.74 Å². The van der Waals surface area contributed by atoms with Crippen molar-refractivity contribution in [1.29, 1.82) is 0 Å². The van der Waals surface area contributed by atoms with Gasteiger partial charge in [-0.2, -0.15) is 0 Å². The normalized spacial score (nSPS) is 26.4. The van der Waals surface area contributed by atoms with Gasteiger partial charge in [-0.15, -0.1) is 6.42 Å². The first-order chi connectivity index (χ1) is 9.11. The van der Waals surface area contributed by atoms with Crippen LogP contribution in [0.2, 0.25) is 0 Å². The van der Waals surface area contributed by atoms with Crippen molar-refractivity contribution in [3.05, 3.63) is 29.8 Å². The fourth-order valence-electron chi connectivity index (χ4n) is 2.87. The van der Waals surface area contributed by atoms with Gasteiger partial charge in [0.2, 0.25) is 0 Å². The maximum absolute atomic E-state index is 11.2. The van der Waals surface area contributed by atoms with Crippen LogP contribution in [0.5, 0.6) is 5.75 Å². The maximum Gasteiger partial charge on any atom is 0.306 e. The highest BCUT2D eigenvalue weighted by Crippen LogP contribution is 2.42. The summed E-state index contributed by atoms with van der Waals surface area (Å²) in [5.74, 6) is 2.55. The maximum atomic E-state index is 11.2. The van der Waals surface area contributed by atoms with Crippen LogP contribution in [-0.2, 0) is 10.2 Å². The van der Waals surface area contributed by atoms with E-state index >= 15 is 0 Å². The Morgan fingerprint density at radius 3 is 2.68 bits per heavy atom. The number of methoxy groups -OCH3 is 1. The van der Waals surface area contributed by atoms with Gasteiger partial charge < -0.3 is 9.84 Å². The number of rotatable bonds is 3. The Morgan fingerprint density at radius 1 is 1.47 bits per heavy atom. The van der Waals surface area contributed by atoms with E-state index in [0.717, 1.165) is 30.6 Å². The summed E-state index contributed by atoms with van der Waals surface area (Å²) in [6.07, 6.45) is 8.67. The molecule has 0 aliphatic heterocycles. The molecule has 0 radical (unpaired) electrons. The van der Waals surface area contributed by atoms with Gasteiger partial charge in [-0.1, -0.05) is 24.5 Å². The number of carboxylic acids is 1. The highest BCUT2D eigenvalue weighted by Gasteiger charge is 2.38. The average molecular weight is 258 g/mol. The van der Waals surface area contributed by atoms with Crippen LogP contribution in [-0.4, -0.2) is 18.2 Å². The summed E-state index contributed by atoms with van der Waals surface area (Å²) < 4.78 is 5.14. The quantitative estimate of drug-likeness (QED) is 0.848. The minimum Gasteiger partial charge on any atom is -0.497 e. The van der Waals surface area contributed by atoms with Gasteiger partial charge in [-0.05, 0) is 37.0 Å². The second kappa shape index (κ2) is 5.36. The lowest BCUT2D eigenvalue weighted by Crippen LogP contribution is -2.34. The predicted octanol–water partition coefficient (Wildman–Crippen LogP) is 2.84. The van der Waals surface area contributed by atoms with Crippen LogP contribution >= 0.6 is 0 Å². The first-order valence-corrected chi connectivity index (χ1v) is 6.46. The molecular formula is C16H18O3. The lowest BCUT2D eigenvalue weighted by Gasteiger charge is -2.36. The van der Waals surface area contributed by atoms with E-state index in [2.05, 4.69) is 5.92 Å². The predicted molar refractivity (Wildman–Crippen MR) is 73.1 cm³/mol. The van der Waals surface area contributed by atoms with Crippen molar-refractivity contribution in [2.75, 3.05) is 7.11 Å². The Balaban J connectivity index is 2.31. The SMILES string of the molecule is C#CC1(c2ccc(OC)cc2)CCCC(C(=O)O)C1. The van der Waals surface area contributed by atoms with Gasteiger partial charge in [-0.3, -0.25) is 4.79 Å². The van der Waals surface area contributed by atoms with Crippen molar-refractivity contribution in [1.82, 2.24) is 0 Å². The number of carbonyl (C=O) groups is 1. The molecule has 100 valence electrons. The number of carboxylic acid groups (broad SMARTS) is 1. The molecule has 1 aromatic carbocycles. The lowest BCUT2D eigenvalue weighted by atomic mass is 9.66. The van der Waals surface area contributed by atoms with Crippen molar-refractivity contribution in [3.63, 3.8) is 0 Å². The monoisotopic (exact) mass is 258 g/mol. The van der Waals surface area contributed by atoms with E-state index < -0.39 is 11.4 Å². The lowest BCUT2D eigenvalue weighted by molar-refractivity contribution is -0.143. The van der Waals surface area contributed by atoms with Crippen LogP contribution in [0.3, 0.4) is 0 Å². The van der Waals surface area contributed by atoms with Crippen molar-refractivity contribution >= 4 is 5.97 Å². The van der Waals surface area contributed by atoms with Crippen molar-refractivity contribution in [3.8, 4) is 18.1 Å². The first kappa shape index (κ1) is 13.5. The molecule has 2 rings (SSSR count). The number of ether oxygens (including phenoxy) is 1. The minimum atomic E-state index is -0.743. The van der Waals surface area contributed by atoms with Crippen molar-refractivity contribution in [2.24, 2.45) is 5.92 Å². The molecule has 0 spiro atoms. The number of hydrogen-bond donors (Lipinski definition) is 1. The molecule has 0 aromatic heterocycles. The molecule has 2 unspecified atom stereocenters. The van der Waals surface area contributed by atoms with Crippen LogP contribution in [0.4, 0.5) is 0 Å². The molecule has 0 amide bonds. The average Bonchev–Trinajstić information content (AvgIpc) is 2.47. The van der Waals surface area contributed by atoms with E-state index in [9.17, 15) is 9.90 Å². The van der Waals surface area contributed by atoms with Crippen LogP contribution in [0, 0.1) is 18.3 Å². The molecule has 0 heterocycles. The molecule has 0 saturated heterocycles. The Hall–Kier alpha value is -1.95. The summed E-state index contributed by atoms with van der Waals surface area (Å²) in [6, 6.07) is 7.64. The first-order valence-electron chi connectivity index (χ1n) is 6.46.